The highest BCUT2D eigenvalue weighted by molar-refractivity contribution is 5.82. The molecule has 0 aliphatic rings. The van der Waals surface area contributed by atoms with Crippen LogP contribution in [-0.4, -0.2) is 9.55 Å². The summed E-state index contributed by atoms with van der Waals surface area (Å²) in [6.45, 7) is 6.06. The molecule has 0 unspecified atom stereocenters. The van der Waals surface area contributed by atoms with Gasteiger partial charge in [-0.2, -0.15) is 0 Å². The van der Waals surface area contributed by atoms with Crippen LogP contribution in [0.2, 0.25) is 0 Å². The number of nitrogens with zero attached hydrogens (tertiary/aromatic N) is 2. The lowest BCUT2D eigenvalue weighted by atomic mass is 10.0. The molecular formula is C21H18N2O3. The standard InChI is InChI=1S/C21H18N2O3/c1-12-8-17-15(10-20(24)26-19(17)9-13(12)2)11-23-14(3)22-18-7-5-4-6-16(18)21(23)25/h4-10H,11H2,1-3H3. The third-order valence-electron chi connectivity index (χ3n) is 4.83. The molecule has 0 N–H and O–H groups in total. The van der Waals surface area contributed by atoms with Crippen molar-refractivity contribution in [2.45, 2.75) is 27.3 Å². The lowest BCUT2D eigenvalue weighted by molar-refractivity contribution is 0.556. The number of hydrogen-bond acceptors (Lipinski definition) is 4. The molecule has 0 bridgehead atoms. The minimum absolute atomic E-state index is 0.113. The number of aromatic nitrogens is 2. The predicted octanol–water partition coefficient (Wildman–Crippen LogP) is 3.48. The normalized spacial score (nSPS) is 11.3. The Kier molecular flexibility index (Phi) is 3.72. The Balaban J connectivity index is 1.96. The molecule has 0 saturated heterocycles. The Labute approximate surface area is 149 Å². The van der Waals surface area contributed by atoms with Gasteiger partial charge in [-0.3, -0.25) is 9.36 Å². The summed E-state index contributed by atoms with van der Waals surface area (Å²) in [5.41, 5.74) is 3.59. The summed E-state index contributed by atoms with van der Waals surface area (Å²) < 4.78 is 6.95. The largest absolute Gasteiger partial charge is 0.423 e. The van der Waals surface area contributed by atoms with Gasteiger partial charge in [0.05, 0.1) is 17.4 Å². The molecule has 2 heterocycles. The van der Waals surface area contributed by atoms with Gasteiger partial charge >= 0.3 is 5.63 Å². The zero-order chi connectivity index (χ0) is 18.4. The summed E-state index contributed by atoms with van der Waals surface area (Å²) in [6, 6.07) is 12.6. The highest BCUT2D eigenvalue weighted by atomic mass is 16.4. The number of aryl methyl sites for hydroxylation is 3. The molecule has 5 nitrogen and oxygen atoms in total. The van der Waals surface area contributed by atoms with Gasteiger partial charge in [-0.15, -0.1) is 0 Å². The van der Waals surface area contributed by atoms with Crippen LogP contribution in [0.15, 0.2) is 56.5 Å². The highest BCUT2D eigenvalue weighted by Crippen LogP contribution is 2.22. The van der Waals surface area contributed by atoms with Crippen LogP contribution in [0.5, 0.6) is 0 Å². The average molecular weight is 346 g/mol. The first-order valence-electron chi connectivity index (χ1n) is 8.44. The van der Waals surface area contributed by atoms with Crippen molar-refractivity contribution in [2.24, 2.45) is 0 Å². The van der Waals surface area contributed by atoms with Crippen molar-refractivity contribution >= 4 is 21.9 Å². The fourth-order valence-corrected chi connectivity index (χ4v) is 3.25. The molecule has 26 heavy (non-hydrogen) atoms. The minimum atomic E-state index is -0.421. The number of para-hydroxylation sites is 1. The molecule has 130 valence electrons. The molecule has 0 amide bonds. The molecule has 0 aliphatic carbocycles. The van der Waals surface area contributed by atoms with E-state index in [0.29, 0.717) is 22.3 Å². The number of benzene rings is 2. The topological polar surface area (TPSA) is 65.1 Å². The molecule has 0 radical (unpaired) electrons. The lowest BCUT2D eigenvalue weighted by Crippen LogP contribution is -2.25. The third-order valence-corrected chi connectivity index (χ3v) is 4.83. The molecular weight excluding hydrogens is 328 g/mol. The summed E-state index contributed by atoms with van der Waals surface area (Å²) in [4.78, 5) is 29.4. The highest BCUT2D eigenvalue weighted by Gasteiger charge is 2.12. The Hall–Kier alpha value is -3.21. The van der Waals surface area contributed by atoms with Crippen LogP contribution in [0.1, 0.15) is 22.5 Å². The van der Waals surface area contributed by atoms with E-state index in [9.17, 15) is 9.59 Å². The van der Waals surface area contributed by atoms with Crippen molar-refractivity contribution in [1.29, 1.82) is 0 Å². The fraction of sp³-hybridized carbons (Fsp3) is 0.190. The van der Waals surface area contributed by atoms with Gasteiger partial charge < -0.3 is 4.42 Å². The maximum Gasteiger partial charge on any atom is 0.336 e. The van der Waals surface area contributed by atoms with Crippen LogP contribution in [0.3, 0.4) is 0 Å². The van der Waals surface area contributed by atoms with Gasteiger partial charge in [0, 0.05) is 11.5 Å². The Morgan fingerprint density at radius 2 is 1.69 bits per heavy atom. The molecule has 0 spiro atoms. The van der Waals surface area contributed by atoms with Gasteiger partial charge in [0.25, 0.3) is 5.56 Å². The summed E-state index contributed by atoms with van der Waals surface area (Å²) in [5, 5.41) is 1.41. The third kappa shape index (κ3) is 2.62. The Morgan fingerprint density at radius 1 is 0.962 bits per heavy atom. The lowest BCUT2D eigenvalue weighted by Gasteiger charge is -2.13. The zero-order valence-corrected chi connectivity index (χ0v) is 14.9. The molecule has 0 aliphatic heterocycles. The van der Waals surface area contributed by atoms with Crippen LogP contribution in [0.4, 0.5) is 0 Å². The summed E-state index contributed by atoms with van der Waals surface area (Å²) in [7, 11) is 0. The van der Waals surface area contributed by atoms with Crippen molar-refractivity contribution in [1.82, 2.24) is 9.55 Å². The van der Waals surface area contributed by atoms with Crippen LogP contribution in [-0.2, 0) is 6.54 Å². The first-order valence-corrected chi connectivity index (χ1v) is 8.44. The van der Waals surface area contributed by atoms with E-state index in [1.165, 1.54) is 6.07 Å². The second-order valence-corrected chi connectivity index (χ2v) is 6.59. The Bertz CT molecular complexity index is 1280. The first-order chi connectivity index (χ1) is 12.4. The quantitative estimate of drug-likeness (QED) is 0.521. The van der Waals surface area contributed by atoms with Gasteiger partial charge in [0.2, 0.25) is 0 Å². The minimum Gasteiger partial charge on any atom is -0.423 e. The van der Waals surface area contributed by atoms with E-state index >= 15 is 0 Å². The number of rotatable bonds is 2. The molecule has 0 saturated carbocycles. The summed E-state index contributed by atoms with van der Waals surface area (Å²) in [6.07, 6.45) is 0. The second-order valence-electron chi connectivity index (χ2n) is 6.59. The maximum atomic E-state index is 12.9. The molecule has 4 rings (SSSR count). The van der Waals surface area contributed by atoms with Crippen molar-refractivity contribution in [3.8, 4) is 0 Å². The van der Waals surface area contributed by atoms with E-state index in [4.69, 9.17) is 4.42 Å². The molecule has 4 aromatic rings. The van der Waals surface area contributed by atoms with Gasteiger partial charge in [-0.25, -0.2) is 9.78 Å². The van der Waals surface area contributed by atoms with E-state index in [1.54, 1.807) is 17.6 Å². The number of hydrogen-bond donors (Lipinski definition) is 0. The summed E-state index contributed by atoms with van der Waals surface area (Å²) in [5.74, 6) is 0.610. The van der Waals surface area contributed by atoms with Crippen LogP contribution in [0, 0.1) is 20.8 Å². The van der Waals surface area contributed by atoms with Crippen LogP contribution in [0.25, 0.3) is 21.9 Å². The monoisotopic (exact) mass is 346 g/mol. The molecule has 2 aromatic carbocycles. The van der Waals surface area contributed by atoms with Crippen LogP contribution < -0.4 is 11.2 Å². The number of fused-ring (bicyclic) bond motifs is 2. The molecule has 5 heteroatoms. The van der Waals surface area contributed by atoms with E-state index < -0.39 is 5.63 Å². The second kappa shape index (κ2) is 5.95. The van der Waals surface area contributed by atoms with Gasteiger partial charge in [-0.05, 0) is 61.7 Å². The van der Waals surface area contributed by atoms with E-state index in [2.05, 4.69) is 4.98 Å². The summed E-state index contributed by atoms with van der Waals surface area (Å²) >= 11 is 0. The van der Waals surface area contributed by atoms with Gasteiger partial charge in [0.1, 0.15) is 11.4 Å². The molecule has 2 aromatic heterocycles. The maximum absolute atomic E-state index is 12.9. The van der Waals surface area contributed by atoms with Crippen molar-refractivity contribution in [3.63, 3.8) is 0 Å². The zero-order valence-electron chi connectivity index (χ0n) is 14.9. The predicted molar refractivity (Wildman–Crippen MR) is 102 cm³/mol. The van der Waals surface area contributed by atoms with Gasteiger partial charge in [-0.1, -0.05) is 12.1 Å². The molecule has 0 atom stereocenters. The van der Waals surface area contributed by atoms with Crippen molar-refractivity contribution < 1.29 is 4.42 Å². The average Bonchev–Trinajstić information content (AvgIpc) is 2.60. The SMILES string of the molecule is Cc1cc2oc(=O)cc(Cn3c(C)nc4ccccc4c3=O)c2cc1C. The fourth-order valence-electron chi connectivity index (χ4n) is 3.25. The van der Waals surface area contributed by atoms with E-state index in [-0.39, 0.29) is 12.1 Å². The van der Waals surface area contributed by atoms with Crippen molar-refractivity contribution in [3.05, 3.63) is 85.8 Å². The first kappa shape index (κ1) is 16.3. The van der Waals surface area contributed by atoms with Gasteiger partial charge in [0.15, 0.2) is 0 Å². The van der Waals surface area contributed by atoms with E-state index in [0.717, 1.165) is 22.1 Å². The smallest absolute Gasteiger partial charge is 0.336 e. The van der Waals surface area contributed by atoms with Crippen LogP contribution >= 0.6 is 0 Å². The Morgan fingerprint density at radius 3 is 2.50 bits per heavy atom. The molecule has 0 fully saturated rings. The van der Waals surface area contributed by atoms with E-state index in [1.807, 2.05) is 44.2 Å². The van der Waals surface area contributed by atoms with Crippen molar-refractivity contribution in [2.75, 3.05) is 0 Å².